The molecule has 0 radical (unpaired) electrons. The quantitative estimate of drug-likeness (QED) is 0.654. The minimum absolute atomic E-state index is 0.0966. The smallest absolute Gasteiger partial charge is 0.225 e. The van der Waals surface area contributed by atoms with E-state index in [0.29, 0.717) is 5.91 Å². The third-order valence-corrected chi connectivity index (χ3v) is 5.98. The van der Waals surface area contributed by atoms with Gasteiger partial charge in [-0.05, 0) is 52.9 Å². The molecule has 2 rings (SSSR count). The van der Waals surface area contributed by atoms with Crippen molar-refractivity contribution in [3.05, 3.63) is 23.3 Å². The average molecular weight is 390 g/mol. The number of carbonyl (C=O) groups excluding carboxylic acids is 2. The molecule has 0 unspecified atom stereocenters. The highest BCUT2D eigenvalue weighted by Crippen LogP contribution is 2.20. The van der Waals surface area contributed by atoms with Gasteiger partial charge in [-0.2, -0.15) is 0 Å². The first-order chi connectivity index (χ1) is 13.4. The first-order valence-corrected chi connectivity index (χ1v) is 10.9. The highest BCUT2D eigenvalue weighted by molar-refractivity contribution is 5.79. The molecule has 2 aliphatic heterocycles. The van der Waals surface area contributed by atoms with E-state index in [1.165, 1.54) is 11.1 Å². The van der Waals surface area contributed by atoms with E-state index in [1.807, 2.05) is 4.90 Å². The Bertz CT molecular complexity index is 585. The van der Waals surface area contributed by atoms with Crippen LogP contribution < -0.4 is 0 Å². The predicted octanol–water partition coefficient (Wildman–Crippen LogP) is 3.47. The molecule has 0 aromatic carbocycles. The van der Waals surface area contributed by atoms with Crippen LogP contribution in [0.15, 0.2) is 23.3 Å². The van der Waals surface area contributed by atoms with Crippen molar-refractivity contribution in [1.82, 2.24) is 14.7 Å². The van der Waals surface area contributed by atoms with Gasteiger partial charge in [0.1, 0.15) is 0 Å². The summed E-state index contributed by atoms with van der Waals surface area (Å²) in [6.45, 7) is 14.3. The van der Waals surface area contributed by atoms with Gasteiger partial charge >= 0.3 is 0 Å². The van der Waals surface area contributed by atoms with Crippen LogP contribution >= 0.6 is 0 Å². The number of nitrogens with zero attached hydrogens (tertiary/aromatic N) is 3. The molecule has 28 heavy (non-hydrogen) atoms. The monoisotopic (exact) mass is 389 g/mol. The van der Waals surface area contributed by atoms with Crippen molar-refractivity contribution in [1.29, 1.82) is 0 Å². The Hall–Kier alpha value is -1.62. The van der Waals surface area contributed by atoms with Gasteiger partial charge < -0.3 is 9.80 Å². The zero-order chi connectivity index (χ0) is 20.5. The Balaban J connectivity index is 1.76. The molecule has 158 valence electrons. The first kappa shape index (κ1) is 22.7. The number of piperidine rings is 1. The average Bonchev–Trinajstić information content (AvgIpc) is 2.91. The zero-order valence-electron chi connectivity index (χ0n) is 18.4. The van der Waals surface area contributed by atoms with E-state index in [0.717, 1.165) is 77.9 Å². The van der Waals surface area contributed by atoms with Crippen LogP contribution in [0.2, 0.25) is 0 Å². The van der Waals surface area contributed by atoms with Gasteiger partial charge in [-0.15, -0.1) is 0 Å². The second kappa shape index (κ2) is 11.4. The van der Waals surface area contributed by atoms with Crippen LogP contribution in [0.25, 0.3) is 0 Å². The van der Waals surface area contributed by atoms with Gasteiger partial charge in [0.25, 0.3) is 0 Å². The molecule has 0 bridgehead atoms. The molecule has 5 heteroatoms. The minimum Gasteiger partial charge on any atom is -0.343 e. The van der Waals surface area contributed by atoms with Crippen LogP contribution in [0.5, 0.6) is 0 Å². The van der Waals surface area contributed by atoms with Crippen molar-refractivity contribution in [2.75, 3.05) is 45.8 Å². The van der Waals surface area contributed by atoms with Crippen LogP contribution in [0.4, 0.5) is 0 Å². The summed E-state index contributed by atoms with van der Waals surface area (Å²) < 4.78 is 0. The summed E-state index contributed by atoms with van der Waals surface area (Å²) >= 11 is 0. The third-order valence-electron chi connectivity index (χ3n) is 5.98. The fraction of sp³-hybridized carbons (Fsp3) is 0.739. The Morgan fingerprint density at radius 2 is 1.57 bits per heavy atom. The number of rotatable bonds is 6. The van der Waals surface area contributed by atoms with Crippen molar-refractivity contribution in [3.8, 4) is 0 Å². The molecule has 0 saturated carbocycles. The molecule has 0 spiro atoms. The van der Waals surface area contributed by atoms with Gasteiger partial charge in [-0.3, -0.25) is 14.5 Å². The zero-order valence-corrected chi connectivity index (χ0v) is 18.4. The summed E-state index contributed by atoms with van der Waals surface area (Å²) in [7, 11) is 0. The SMILES string of the molecule is CC(=O)N1CCC(C(=O)N2CCCN(CC=C(C)CCC=C(C)C)CC2)CC1. The summed E-state index contributed by atoms with van der Waals surface area (Å²) in [5, 5.41) is 0. The number of carbonyl (C=O) groups is 2. The number of hydrogen-bond donors (Lipinski definition) is 0. The van der Waals surface area contributed by atoms with Gasteiger partial charge in [0.15, 0.2) is 0 Å². The molecule has 2 heterocycles. The summed E-state index contributed by atoms with van der Waals surface area (Å²) in [5.41, 5.74) is 2.84. The second-order valence-electron chi connectivity index (χ2n) is 8.63. The molecule has 0 atom stereocenters. The summed E-state index contributed by atoms with van der Waals surface area (Å²) in [5.74, 6) is 0.526. The van der Waals surface area contributed by atoms with Crippen molar-refractivity contribution in [2.45, 2.75) is 59.8 Å². The molecule has 0 aromatic rings. The summed E-state index contributed by atoms with van der Waals surface area (Å²) in [6.07, 6.45) is 9.57. The van der Waals surface area contributed by atoms with E-state index in [9.17, 15) is 9.59 Å². The summed E-state index contributed by atoms with van der Waals surface area (Å²) in [4.78, 5) is 30.8. The molecule has 2 amide bonds. The largest absolute Gasteiger partial charge is 0.343 e. The Morgan fingerprint density at radius 1 is 0.857 bits per heavy atom. The van der Waals surface area contributed by atoms with Gasteiger partial charge in [0.2, 0.25) is 11.8 Å². The fourth-order valence-electron chi connectivity index (χ4n) is 4.05. The van der Waals surface area contributed by atoms with Gasteiger partial charge in [-0.1, -0.05) is 23.3 Å². The number of allylic oxidation sites excluding steroid dienone is 3. The van der Waals surface area contributed by atoms with E-state index in [2.05, 4.69) is 42.7 Å². The van der Waals surface area contributed by atoms with Gasteiger partial charge in [0, 0.05) is 58.7 Å². The van der Waals surface area contributed by atoms with Crippen LogP contribution in [0, 0.1) is 5.92 Å². The van der Waals surface area contributed by atoms with E-state index in [-0.39, 0.29) is 11.8 Å². The number of hydrogen-bond acceptors (Lipinski definition) is 3. The lowest BCUT2D eigenvalue weighted by molar-refractivity contribution is -0.140. The third kappa shape index (κ3) is 7.42. The summed E-state index contributed by atoms with van der Waals surface area (Å²) in [6, 6.07) is 0. The maximum Gasteiger partial charge on any atom is 0.225 e. The molecule has 2 saturated heterocycles. The fourth-order valence-corrected chi connectivity index (χ4v) is 4.05. The topological polar surface area (TPSA) is 43.9 Å². The standard InChI is InChI=1S/C23H39N3O2/c1-19(2)7-5-8-20(3)9-14-24-12-6-13-26(18-17-24)23(28)22-10-15-25(16-11-22)21(4)27/h7,9,22H,5-6,8,10-18H2,1-4H3. The van der Waals surface area contributed by atoms with Crippen molar-refractivity contribution in [2.24, 2.45) is 5.92 Å². The molecule has 2 aliphatic rings. The van der Waals surface area contributed by atoms with E-state index < -0.39 is 0 Å². The molecule has 5 nitrogen and oxygen atoms in total. The normalized spacial score (nSPS) is 20.1. The molecule has 0 aliphatic carbocycles. The second-order valence-corrected chi connectivity index (χ2v) is 8.63. The maximum absolute atomic E-state index is 12.9. The number of amides is 2. The van der Waals surface area contributed by atoms with Crippen molar-refractivity contribution >= 4 is 11.8 Å². The molecule has 2 fully saturated rings. The molecular formula is C23H39N3O2. The van der Waals surface area contributed by atoms with Crippen molar-refractivity contribution in [3.63, 3.8) is 0 Å². The lowest BCUT2D eigenvalue weighted by Gasteiger charge is -2.33. The van der Waals surface area contributed by atoms with E-state index in [4.69, 9.17) is 0 Å². The molecule has 0 aromatic heterocycles. The predicted molar refractivity (Wildman–Crippen MR) is 115 cm³/mol. The maximum atomic E-state index is 12.9. The molecular weight excluding hydrogens is 350 g/mol. The first-order valence-electron chi connectivity index (χ1n) is 10.9. The highest BCUT2D eigenvalue weighted by Gasteiger charge is 2.30. The highest BCUT2D eigenvalue weighted by atomic mass is 16.2. The van der Waals surface area contributed by atoms with Crippen LogP contribution in [0.1, 0.15) is 59.8 Å². The van der Waals surface area contributed by atoms with E-state index in [1.54, 1.807) is 6.92 Å². The van der Waals surface area contributed by atoms with Gasteiger partial charge in [0.05, 0.1) is 0 Å². The number of likely N-dealkylation sites (tertiary alicyclic amines) is 1. The lowest BCUT2D eigenvalue weighted by atomic mass is 9.95. The van der Waals surface area contributed by atoms with Crippen LogP contribution in [-0.2, 0) is 9.59 Å². The van der Waals surface area contributed by atoms with E-state index >= 15 is 0 Å². The lowest BCUT2D eigenvalue weighted by Crippen LogP contribution is -2.44. The van der Waals surface area contributed by atoms with Crippen LogP contribution in [0.3, 0.4) is 0 Å². The van der Waals surface area contributed by atoms with Crippen molar-refractivity contribution < 1.29 is 9.59 Å². The Kier molecular flexibility index (Phi) is 9.23. The van der Waals surface area contributed by atoms with Gasteiger partial charge in [-0.25, -0.2) is 0 Å². The van der Waals surface area contributed by atoms with Crippen LogP contribution in [-0.4, -0.2) is 72.3 Å². The Morgan fingerprint density at radius 3 is 2.21 bits per heavy atom. The Labute approximate surface area is 171 Å². The molecule has 0 N–H and O–H groups in total. The minimum atomic E-state index is 0.0966.